The van der Waals surface area contributed by atoms with Gasteiger partial charge in [0.2, 0.25) is 0 Å². The number of aryl methyl sites for hydroxylation is 1. The number of rotatable bonds is 2. The Kier molecular flexibility index (Phi) is 2.86. The van der Waals surface area contributed by atoms with E-state index in [1.807, 2.05) is 13.0 Å². The van der Waals surface area contributed by atoms with Crippen LogP contribution in [0.3, 0.4) is 0 Å². The Hall–Kier alpha value is -1.32. The van der Waals surface area contributed by atoms with Crippen molar-refractivity contribution in [3.8, 4) is 0 Å². The van der Waals surface area contributed by atoms with Crippen molar-refractivity contribution in [1.29, 1.82) is 0 Å². The maximum absolute atomic E-state index is 6.26. The van der Waals surface area contributed by atoms with Gasteiger partial charge in [0.15, 0.2) is 0 Å². The van der Waals surface area contributed by atoms with Crippen molar-refractivity contribution in [3.05, 3.63) is 34.0 Å². The highest BCUT2D eigenvalue weighted by atomic mass is 35.5. The molecular formula is C16H17ClN2O. The first-order chi connectivity index (χ1) is 9.72. The normalized spacial score (nSPS) is 18.1. The Morgan fingerprint density at radius 1 is 1.35 bits per heavy atom. The second kappa shape index (κ2) is 4.61. The molecule has 20 heavy (non-hydrogen) atoms. The van der Waals surface area contributed by atoms with E-state index in [0.717, 1.165) is 34.8 Å². The van der Waals surface area contributed by atoms with Crippen LogP contribution in [0.5, 0.6) is 0 Å². The second-order valence-electron chi connectivity index (χ2n) is 5.75. The average Bonchev–Trinajstić information content (AvgIpc) is 3.25. The number of pyridine rings is 1. The number of nitrogens with one attached hydrogen (secondary N) is 1. The SMILES string of the molecule is Cc1cc2c(NC3CC3)c3c(nc2cc1Cl)CCOC3. The van der Waals surface area contributed by atoms with Crippen LogP contribution < -0.4 is 5.32 Å². The van der Waals surface area contributed by atoms with Crippen molar-refractivity contribution in [2.24, 2.45) is 0 Å². The van der Waals surface area contributed by atoms with E-state index in [1.165, 1.54) is 29.5 Å². The van der Waals surface area contributed by atoms with Crippen LogP contribution >= 0.6 is 11.6 Å². The molecule has 4 rings (SSSR count). The molecule has 1 aromatic carbocycles. The smallest absolute Gasteiger partial charge is 0.0755 e. The number of benzene rings is 1. The lowest BCUT2D eigenvalue weighted by molar-refractivity contribution is 0.110. The third-order valence-corrected chi connectivity index (χ3v) is 4.51. The third-order valence-electron chi connectivity index (χ3n) is 4.11. The molecule has 1 fully saturated rings. The van der Waals surface area contributed by atoms with E-state index in [4.69, 9.17) is 21.3 Å². The number of ether oxygens (including phenoxy) is 1. The van der Waals surface area contributed by atoms with Gasteiger partial charge in [0.05, 0.1) is 30.1 Å². The number of fused-ring (bicyclic) bond motifs is 2. The van der Waals surface area contributed by atoms with Crippen molar-refractivity contribution in [3.63, 3.8) is 0 Å². The van der Waals surface area contributed by atoms with Crippen LogP contribution in [0.2, 0.25) is 5.02 Å². The molecule has 1 aliphatic carbocycles. The lowest BCUT2D eigenvalue weighted by Crippen LogP contribution is -2.16. The minimum Gasteiger partial charge on any atom is -0.381 e. The Balaban J connectivity index is 1.98. The second-order valence-corrected chi connectivity index (χ2v) is 6.16. The molecule has 0 spiro atoms. The van der Waals surface area contributed by atoms with Crippen LogP contribution in [0.15, 0.2) is 12.1 Å². The zero-order valence-corrected chi connectivity index (χ0v) is 12.3. The summed E-state index contributed by atoms with van der Waals surface area (Å²) in [6.45, 7) is 3.46. The van der Waals surface area contributed by atoms with E-state index in [9.17, 15) is 0 Å². The molecule has 0 bridgehead atoms. The summed E-state index contributed by atoms with van der Waals surface area (Å²) in [7, 11) is 0. The van der Waals surface area contributed by atoms with Crippen molar-refractivity contribution in [2.45, 2.75) is 38.8 Å². The van der Waals surface area contributed by atoms with Crippen LogP contribution in [-0.4, -0.2) is 17.6 Å². The van der Waals surface area contributed by atoms with Gasteiger partial charge in [-0.15, -0.1) is 0 Å². The van der Waals surface area contributed by atoms with Gasteiger partial charge in [-0.05, 0) is 37.5 Å². The van der Waals surface area contributed by atoms with Crippen molar-refractivity contribution in [1.82, 2.24) is 4.98 Å². The van der Waals surface area contributed by atoms with E-state index < -0.39 is 0 Å². The average molecular weight is 289 g/mol. The van der Waals surface area contributed by atoms with E-state index in [-0.39, 0.29) is 0 Å². The van der Waals surface area contributed by atoms with Crippen LogP contribution in [0, 0.1) is 6.92 Å². The monoisotopic (exact) mass is 288 g/mol. The zero-order valence-electron chi connectivity index (χ0n) is 11.5. The van der Waals surface area contributed by atoms with Gasteiger partial charge in [0.25, 0.3) is 0 Å². The molecule has 0 unspecified atom stereocenters. The highest BCUT2D eigenvalue weighted by Gasteiger charge is 2.26. The van der Waals surface area contributed by atoms with Gasteiger partial charge in [0, 0.05) is 28.4 Å². The predicted octanol–water partition coefficient (Wildman–Crippen LogP) is 3.84. The molecule has 0 radical (unpaired) electrons. The molecular weight excluding hydrogens is 272 g/mol. The largest absolute Gasteiger partial charge is 0.381 e. The number of nitrogens with zero attached hydrogens (tertiary/aromatic N) is 1. The van der Waals surface area contributed by atoms with E-state index in [1.54, 1.807) is 0 Å². The molecule has 2 aliphatic rings. The molecule has 0 amide bonds. The van der Waals surface area contributed by atoms with Crippen molar-refractivity contribution in [2.75, 3.05) is 11.9 Å². The van der Waals surface area contributed by atoms with Crippen LogP contribution in [0.1, 0.15) is 29.7 Å². The minimum atomic E-state index is 0.614. The number of hydrogen-bond donors (Lipinski definition) is 1. The number of aromatic nitrogens is 1. The minimum absolute atomic E-state index is 0.614. The van der Waals surface area contributed by atoms with E-state index >= 15 is 0 Å². The Bertz CT molecular complexity index is 695. The van der Waals surface area contributed by atoms with Crippen LogP contribution in [0.25, 0.3) is 10.9 Å². The number of hydrogen-bond acceptors (Lipinski definition) is 3. The molecule has 2 heterocycles. The summed E-state index contributed by atoms with van der Waals surface area (Å²) in [5, 5.41) is 5.63. The molecule has 104 valence electrons. The molecule has 1 N–H and O–H groups in total. The Morgan fingerprint density at radius 2 is 2.20 bits per heavy atom. The summed E-state index contributed by atoms with van der Waals surface area (Å²) >= 11 is 6.26. The van der Waals surface area contributed by atoms with Crippen LogP contribution in [-0.2, 0) is 17.8 Å². The first-order valence-electron chi connectivity index (χ1n) is 7.18. The maximum atomic E-state index is 6.26. The molecule has 0 saturated heterocycles. The molecule has 0 atom stereocenters. The standard InChI is InChI=1S/C16H17ClN2O/c1-9-6-11-15(7-13(9)17)19-14-4-5-20-8-12(14)16(11)18-10-2-3-10/h6-7,10H,2-5,8H2,1H3,(H,18,19). The molecule has 1 saturated carbocycles. The Labute approximate surface area is 123 Å². The summed E-state index contributed by atoms with van der Waals surface area (Å²) in [5.74, 6) is 0. The highest BCUT2D eigenvalue weighted by molar-refractivity contribution is 6.32. The van der Waals surface area contributed by atoms with Gasteiger partial charge in [-0.2, -0.15) is 0 Å². The summed E-state index contributed by atoms with van der Waals surface area (Å²) in [4.78, 5) is 4.80. The predicted molar refractivity (Wildman–Crippen MR) is 81.5 cm³/mol. The summed E-state index contributed by atoms with van der Waals surface area (Å²) in [6.07, 6.45) is 3.40. The molecule has 4 heteroatoms. The molecule has 1 aliphatic heterocycles. The molecule has 2 aromatic rings. The Morgan fingerprint density at radius 3 is 3.00 bits per heavy atom. The summed E-state index contributed by atoms with van der Waals surface area (Å²) in [6, 6.07) is 4.74. The van der Waals surface area contributed by atoms with Gasteiger partial charge in [-0.1, -0.05) is 11.6 Å². The summed E-state index contributed by atoms with van der Waals surface area (Å²) < 4.78 is 5.64. The highest BCUT2D eigenvalue weighted by Crippen LogP contribution is 2.37. The number of anilines is 1. The lowest BCUT2D eigenvalue weighted by atomic mass is 10.0. The summed E-state index contributed by atoms with van der Waals surface area (Å²) in [5.41, 5.74) is 5.69. The van der Waals surface area contributed by atoms with E-state index in [2.05, 4.69) is 11.4 Å². The van der Waals surface area contributed by atoms with Gasteiger partial charge in [-0.25, -0.2) is 0 Å². The maximum Gasteiger partial charge on any atom is 0.0755 e. The topological polar surface area (TPSA) is 34.2 Å². The van der Waals surface area contributed by atoms with Gasteiger partial charge in [-0.3, -0.25) is 4.98 Å². The van der Waals surface area contributed by atoms with E-state index in [0.29, 0.717) is 12.6 Å². The fourth-order valence-corrected chi connectivity index (χ4v) is 2.94. The first kappa shape index (κ1) is 12.4. The van der Waals surface area contributed by atoms with Crippen molar-refractivity contribution >= 4 is 28.2 Å². The third kappa shape index (κ3) is 2.05. The van der Waals surface area contributed by atoms with Crippen molar-refractivity contribution < 1.29 is 4.74 Å². The van der Waals surface area contributed by atoms with Crippen LogP contribution in [0.4, 0.5) is 5.69 Å². The fourth-order valence-electron chi connectivity index (χ4n) is 2.79. The van der Waals surface area contributed by atoms with Gasteiger partial charge in [0.1, 0.15) is 0 Å². The number of halogens is 1. The quantitative estimate of drug-likeness (QED) is 0.911. The fraction of sp³-hybridized carbons (Fsp3) is 0.438. The molecule has 1 aromatic heterocycles. The first-order valence-corrected chi connectivity index (χ1v) is 7.56. The van der Waals surface area contributed by atoms with Gasteiger partial charge >= 0.3 is 0 Å². The van der Waals surface area contributed by atoms with Gasteiger partial charge < -0.3 is 10.1 Å². The molecule has 3 nitrogen and oxygen atoms in total. The lowest BCUT2D eigenvalue weighted by Gasteiger charge is -2.22. The zero-order chi connectivity index (χ0) is 13.7.